The van der Waals surface area contributed by atoms with E-state index in [4.69, 9.17) is 10.5 Å². The number of methoxy groups -OCH3 is 1. The molecule has 0 spiro atoms. The van der Waals surface area contributed by atoms with E-state index in [9.17, 15) is 4.79 Å². The van der Waals surface area contributed by atoms with Crippen molar-refractivity contribution in [3.05, 3.63) is 36.2 Å². The molecule has 2 aromatic rings. The third kappa shape index (κ3) is 2.67. The van der Waals surface area contributed by atoms with Gasteiger partial charge in [0.2, 0.25) is 0 Å². The first kappa shape index (κ1) is 12.9. The lowest BCUT2D eigenvalue weighted by atomic mass is 10.2. The summed E-state index contributed by atoms with van der Waals surface area (Å²) in [5.41, 5.74) is 7.49. The third-order valence-electron chi connectivity index (χ3n) is 2.63. The van der Waals surface area contributed by atoms with E-state index in [1.165, 1.54) is 4.90 Å². The minimum absolute atomic E-state index is 0.144. The fourth-order valence-electron chi connectivity index (χ4n) is 1.67. The van der Waals surface area contributed by atoms with Gasteiger partial charge in [0.1, 0.15) is 5.75 Å². The molecular formula is C13H16N4O2. The lowest BCUT2D eigenvalue weighted by Gasteiger charge is -2.08. The maximum atomic E-state index is 11.8. The van der Waals surface area contributed by atoms with Gasteiger partial charge in [0, 0.05) is 38.1 Å². The number of anilines is 1. The highest BCUT2D eigenvalue weighted by atomic mass is 16.5. The van der Waals surface area contributed by atoms with Crippen LogP contribution in [-0.4, -0.2) is 41.8 Å². The molecule has 2 rings (SSSR count). The molecule has 100 valence electrons. The van der Waals surface area contributed by atoms with Crippen molar-refractivity contribution in [2.24, 2.45) is 0 Å². The third-order valence-corrected chi connectivity index (χ3v) is 2.63. The van der Waals surface area contributed by atoms with Crippen LogP contribution in [0.1, 0.15) is 10.5 Å². The van der Waals surface area contributed by atoms with E-state index in [1.54, 1.807) is 56.3 Å². The molecule has 6 nitrogen and oxygen atoms in total. The molecule has 0 unspecified atom stereocenters. The van der Waals surface area contributed by atoms with Gasteiger partial charge in [-0.3, -0.25) is 4.79 Å². The predicted molar refractivity (Wildman–Crippen MR) is 72.5 cm³/mol. The van der Waals surface area contributed by atoms with Gasteiger partial charge >= 0.3 is 0 Å². The van der Waals surface area contributed by atoms with Crippen molar-refractivity contribution in [3.8, 4) is 11.4 Å². The van der Waals surface area contributed by atoms with Crippen LogP contribution >= 0.6 is 0 Å². The van der Waals surface area contributed by atoms with Crippen LogP contribution in [0.4, 0.5) is 5.69 Å². The summed E-state index contributed by atoms with van der Waals surface area (Å²) >= 11 is 0. The summed E-state index contributed by atoms with van der Waals surface area (Å²) in [7, 11) is 4.94. The molecule has 0 saturated heterocycles. The first-order valence-corrected chi connectivity index (χ1v) is 5.73. The summed E-state index contributed by atoms with van der Waals surface area (Å²) in [4.78, 5) is 13.3. The molecule has 0 aliphatic carbocycles. The lowest BCUT2D eigenvalue weighted by molar-refractivity contribution is 0.0821. The zero-order valence-corrected chi connectivity index (χ0v) is 11.1. The summed E-state index contributed by atoms with van der Waals surface area (Å²) in [5.74, 6) is 0.501. The molecule has 6 heteroatoms. The number of nitrogens with two attached hydrogens (primary N) is 1. The maximum Gasteiger partial charge on any atom is 0.273 e. The molecular weight excluding hydrogens is 244 g/mol. The number of nitrogen functional groups attached to an aromatic ring is 1. The number of benzene rings is 1. The van der Waals surface area contributed by atoms with Gasteiger partial charge in [0.25, 0.3) is 5.91 Å². The number of rotatable bonds is 3. The molecule has 1 aromatic heterocycles. The summed E-state index contributed by atoms with van der Waals surface area (Å²) in [6.45, 7) is 0. The molecule has 0 radical (unpaired) electrons. The molecule has 0 atom stereocenters. The van der Waals surface area contributed by atoms with Crippen LogP contribution in [0, 0.1) is 0 Å². The number of hydrogen-bond acceptors (Lipinski definition) is 4. The summed E-state index contributed by atoms with van der Waals surface area (Å²) in [6, 6.07) is 6.95. The van der Waals surface area contributed by atoms with Crippen molar-refractivity contribution < 1.29 is 9.53 Å². The Morgan fingerprint density at radius 1 is 1.37 bits per heavy atom. The van der Waals surface area contributed by atoms with Gasteiger partial charge in [-0.25, -0.2) is 4.68 Å². The van der Waals surface area contributed by atoms with Gasteiger partial charge in [0.15, 0.2) is 5.69 Å². The van der Waals surface area contributed by atoms with Crippen molar-refractivity contribution in [2.75, 3.05) is 26.9 Å². The number of carbonyl (C=O) groups is 1. The quantitative estimate of drug-likeness (QED) is 0.841. The van der Waals surface area contributed by atoms with E-state index in [0.29, 0.717) is 17.1 Å². The highest BCUT2D eigenvalue weighted by Crippen LogP contribution is 2.21. The highest BCUT2D eigenvalue weighted by Gasteiger charge is 2.12. The Morgan fingerprint density at radius 3 is 2.74 bits per heavy atom. The topological polar surface area (TPSA) is 73.4 Å². The van der Waals surface area contributed by atoms with Crippen molar-refractivity contribution in [3.63, 3.8) is 0 Å². The second kappa shape index (κ2) is 5.01. The van der Waals surface area contributed by atoms with Gasteiger partial charge in [-0.1, -0.05) is 0 Å². The predicted octanol–water partition coefficient (Wildman–Crippen LogP) is 1.16. The standard InChI is InChI=1S/C13H16N4O2/c1-16(2)13(18)12-4-5-17(15-12)10-6-9(14)7-11(8-10)19-3/h4-8H,14H2,1-3H3. The zero-order chi connectivity index (χ0) is 14.0. The first-order chi connectivity index (χ1) is 9.01. The van der Waals surface area contributed by atoms with Crippen LogP contribution in [0.15, 0.2) is 30.5 Å². The van der Waals surface area contributed by atoms with Gasteiger partial charge in [-0.15, -0.1) is 0 Å². The fraction of sp³-hybridized carbons (Fsp3) is 0.231. The fourth-order valence-corrected chi connectivity index (χ4v) is 1.67. The Kier molecular flexibility index (Phi) is 3.41. The maximum absolute atomic E-state index is 11.8. The van der Waals surface area contributed by atoms with Crippen molar-refractivity contribution in [2.45, 2.75) is 0 Å². The zero-order valence-electron chi connectivity index (χ0n) is 11.1. The molecule has 19 heavy (non-hydrogen) atoms. The number of amides is 1. The van der Waals surface area contributed by atoms with Crippen molar-refractivity contribution in [1.29, 1.82) is 0 Å². The van der Waals surface area contributed by atoms with E-state index in [2.05, 4.69) is 5.10 Å². The molecule has 0 aliphatic heterocycles. The monoisotopic (exact) mass is 260 g/mol. The van der Waals surface area contributed by atoms with Gasteiger partial charge in [-0.05, 0) is 12.1 Å². The number of ether oxygens (including phenoxy) is 1. The molecule has 0 bridgehead atoms. The van der Waals surface area contributed by atoms with Crippen molar-refractivity contribution in [1.82, 2.24) is 14.7 Å². The van der Waals surface area contributed by atoms with Crippen LogP contribution in [0.2, 0.25) is 0 Å². The molecule has 0 fully saturated rings. The number of aromatic nitrogens is 2. The first-order valence-electron chi connectivity index (χ1n) is 5.73. The molecule has 1 heterocycles. The van der Waals surface area contributed by atoms with E-state index in [1.807, 2.05) is 0 Å². The van der Waals surface area contributed by atoms with Crippen molar-refractivity contribution >= 4 is 11.6 Å². The summed E-state index contributed by atoms with van der Waals surface area (Å²) in [5, 5.41) is 4.23. The highest BCUT2D eigenvalue weighted by molar-refractivity contribution is 5.91. The van der Waals surface area contributed by atoms with Crippen LogP contribution in [0.3, 0.4) is 0 Å². The van der Waals surface area contributed by atoms with Gasteiger partial charge in [0.05, 0.1) is 12.8 Å². The Bertz CT molecular complexity index is 604. The molecule has 0 aliphatic rings. The minimum Gasteiger partial charge on any atom is -0.497 e. The smallest absolute Gasteiger partial charge is 0.273 e. The molecule has 1 amide bonds. The average molecular weight is 260 g/mol. The molecule has 0 saturated carbocycles. The largest absolute Gasteiger partial charge is 0.497 e. The summed E-state index contributed by atoms with van der Waals surface area (Å²) < 4.78 is 6.75. The second-order valence-corrected chi connectivity index (χ2v) is 4.31. The minimum atomic E-state index is -0.144. The SMILES string of the molecule is COc1cc(N)cc(-n2ccc(C(=O)N(C)C)n2)c1. The average Bonchev–Trinajstić information content (AvgIpc) is 2.86. The van der Waals surface area contributed by atoms with E-state index < -0.39 is 0 Å². The molecule has 1 aromatic carbocycles. The van der Waals surface area contributed by atoms with E-state index in [0.717, 1.165) is 5.69 Å². The van der Waals surface area contributed by atoms with E-state index in [-0.39, 0.29) is 5.91 Å². The number of nitrogens with zero attached hydrogens (tertiary/aromatic N) is 3. The Balaban J connectivity index is 2.37. The Hall–Kier alpha value is -2.50. The molecule has 2 N–H and O–H groups in total. The number of carbonyl (C=O) groups excluding carboxylic acids is 1. The van der Waals surface area contributed by atoms with Crippen LogP contribution in [-0.2, 0) is 0 Å². The lowest BCUT2D eigenvalue weighted by Crippen LogP contribution is -2.22. The van der Waals surface area contributed by atoms with Gasteiger partial charge < -0.3 is 15.4 Å². The number of hydrogen-bond donors (Lipinski definition) is 1. The van der Waals surface area contributed by atoms with Gasteiger partial charge in [-0.2, -0.15) is 5.10 Å². The van der Waals surface area contributed by atoms with Crippen LogP contribution in [0.25, 0.3) is 5.69 Å². The normalized spacial score (nSPS) is 10.3. The Morgan fingerprint density at radius 2 is 2.11 bits per heavy atom. The van der Waals surface area contributed by atoms with E-state index >= 15 is 0 Å². The summed E-state index contributed by atoms with van der Waals surface area (Å²) in [6.07, 6.45) is 1.71. The van der Waals surface area contributed by atoms with Crippen LogP contribution < -0.4 is 10.5 Å². The van der Waals surface area contributed by atoms with Crippen LogP contribution in [0.5, 0.6) is 5.75 Å². The second-order valence-electron chi connectivity index (χ2n) is 4.31. The Labute approximate surface area is 111 Å².